The van der Waals surface area contributed by atoms with E-state index in [1.807, 2.05) is 0 Å². The number of carbonyl (C=O) groups is 1. The number of aromatic carboxylic acids is 1. The Kier molecular flexibility index (Phi) is 2.62. The molecule has 2 aromatic rings. The number of carboxylic acids is 1. The summed E-state index contributed by atoms with van der Waals surface area (Å²) in [5.74, 6) is -1.04. The van der Waals surface area contributed by atoms with Crippen LogP contribution in [0.5, 0.6) is 0 Å². The normalized spacial score (nSPS) is 10.4. The Balaban J connectivity index is 2.68. The maximum atomic E-state index is 11.0. The van der Waals surface area contributed by atoms with Gasteiger partial charge in [0.25, 0.3) is 0 Å². The maximum Gasteiger partial charge on any atom is 0.339 e. The minimum atomic E-state index is -1.04. The molecule has 0 fully saturated rings. The molecule has 0 unspecified atom stereocenters. The van der Waals surface area contributed by atoms with Crippen LogP contribution in [-0.4, -0.2) is 25.8 Å². The van der Waals surface area contributed by atoms with Gasteiger partial charge in [0.05, 0.1) is 11.9 Å². The van der Waals surface area contributed by atoms with Crippen molar-refractivity contribution in [1.29, 1.82) is 0 Å². The maximum absolute atomic E-state index is 11.0. The van der Waals surface area contributed by atoms with Crippen LogP contribution in [0.3, 0.4) is 0 Å². The first-order chi connectivity index (χ1) is 7.61. The second-order valence-corrected chi connectivity index (χ2v) is 3.54. The summed E-state index contributed by atoms with van der Waals surface area (Å²) in [4.78, 5) is 14.9. The van der Waals surface area contributed by atoms with Crippen molar-refractivity contribution in [2.75, 3.05) is 0 Å². The molecule has 6 heteroatoms. The zero-order valence-electron chi connectivity index (χ0n) is 8.38. The van der Waals surface area contributed by atoms with E-state index in [2.05, 4.69) is 10.1 Å². The molecular weight excluding hydrogens is 230 g/mol. The predicted octanol–water partition coefficient (Wildman–Crippen LogP) is 1.83. The molecular formula is C10H8ClN3O2. The molecule has 2 aromatic heterocycles. The second kappa shape index (κ2) is 3.94. The standard InChI is InChI=1S/C10H8ClN3O2/c1-14-8(7(5-13-14)10(15)16)6-3-2-4-12-9(6)11/h2-5H,1H3,(H,15,16). The van der Waals surface area contributed by atoms with Gasteiger partial charge in [0.1, 0.15) is 10.7 Å². The minimum absolute atomic E-state index is 0.109. The monoisotopic (exact) mass is 237 g/mol. The lowest BCUT2D eigenvalue weighted by molar-refractivity contribution is 0.0697. The van der Waals surface area contributed by atoms with Gasteiger partial charge in [-0.1, -0.05) is 11.6 Å². The molecule has 2 rings (SSSR count). The lowest BCUT2D eigenvalue weighted by atomic mass is 10.1. The molecule has 2 heterocycles. The topological polar surface area (TPSA) is 68.0 Å². The molecule has 0 aromatic carbocycles. The van der Waals surface area contributed by atoms with Gasteiger partial charge in [-0.3, -0.25) is 4.68 Å². The Labute approximate surface area is 96.3 Å². The van der Waals surface area contributed by atoms with E-state index in [-0.39, 0.29) is 10.7 Å². The van der Waals surface area contributed by atoms with Crippen LogP contribution in [0.25, 0.3) is 11.3 Å². The van der Waals surface area contributed by atoms with Crippen LogP contribution in [0.4, 0.5) is 0 Å². The van der Waals surface area contributed by atoms with Gasteiger partial charge in [-0.15, -0.1) is 0 Å². The Morgan fingerprint density at radius 1 is 1.56 bits per heavy atom. The molecule has 82 valence electrons. The van der Waals surface area contributed by atoms with Crippen LogP contribution in [0.2, 0.25) is 5.15 Å². The fourth-order valence-electron chi connectivity index (χ4n) is 1.48. The summed E-state index contributed by atoms with van der Waals surface area (Å²) < 4.78 is 1.46. The Morgan fingerprint density at radius 2 is 2.31 bits per heavy atom. The van der Waals surface area contributed by atoms with E-state index in [9.17, 15) is 4.79 Å². The Morgan fingerprint density at radius 3 is 2.94 bits per heavy atom. The molecule has 5 nitrogen and oxygen atoms in total. The van der Waals surface area contributed by atoms with E-state index in [1.165, 1.54) is 10.9 Å². The van der Waals surface area contributed by atoms with E-state index >= 15 is 0 Å². The van der Waals surface area contributed by atoms with Crippen molar-refractivity contribution >= 4 is 17.6 Å². The summed E-state index contributed by atoms with van der Waals surface area (Å²) in [6.45, 7) is 0. The lowest BCUT2D eigenvalue weighted by Gasteiger charge is -2.05. The van der Waals surface area contributed by atoms with Crippen LogP contribution in [0.15, 0.2) is 24.5 Å². The second-order valence-electron chi connectivity index (χ2n) is 3.18. The third-order valence-corrected chi connectivity index (χ3v) is 2.48. The lowest BCUT2D eigenvalue weighted by Crippen LogP contribution is -2.01. The Hall–Kier alpha value is -1.88. The van der Waals surface area contributed by atoms with Crippen molar-refractivity contribution in [1.82, 2.24) is 14.8 Å². The molecule has 0 aliphatic heterocycles. The van der Waals surface area contributed by atoms with Gasteiger partial charge in [0, 0.05) is 18.8 Å². The molecule has 0 spiro atoms. The summed E-state index contributed by atoms with van der Waals surface area (Å²) in [5, 5.41) is 13.2. The van der Waals surface area contributed by atoms with Crippen molar-refractivity contribution in [3.63, 3.8) is 0 Å². The number of aryl methyl sites for hydroxylation is 1. The first-order valence-electron chi connectivity index (χ1n) is 4.47. The van der Waals surface area contributed by atoms with Crippen LogP contribution in [0.1, 0.15) is 10.4 Å². The minimum Gasteiger partial charge on any atom is -0.478 e. The highest BCUT2D eigenvalue weighted by Gasteiger charge is 2.18. The number of aromatic nitrogens is 3. The average molecular weight is 238 g/mol. The number of hydrogen-bond acceptors (Lipinski definition) is 3. The number of rotatable bonds is 2. The average Bonchev–Trinajstić information content (AvgIpc) is 2.61. The first-order valence-corrected chi connectivity index (χ1v) is 4.85. The summed E-state index contributed by atoms with van der Waals surface area (Å²) >= 11 is 5.92. The number of halogens is 1. The van der Waals surface area contributed by atoms with Crippen molar-refractivity contribution < 1.29 is 9.90 Å². The highest BCUT2D eigenvalue weighted by Crippen LogP contribution is 2.28. The molecule has 0 amide bonds. The van der Waals surface area contributed by atoms with Gasteiger partial charge in [-0.2, -0.15) is 5.10 Å². The van der Waals surface area contributed by atoms with E-state index in [4.69, 9.17) is 16.7 Å². The van der Waals surface area contributed by atoms with Gasteiger partial charge in [0.2, 0.25) is 0 Å². The van der Waals surface area contributed by atoms with E-state index in [0.29, 0.717) is 11.3 Å². The zero-order valence-corrected chi connectivity index (χ0v) is 9.14. The van der Waals surface area contributed by atoms with Crippen molar-refractivity contribution in [2.45, 2.75) is 0 Å². The number of nitrogens with zero attached hydrogens (tertiary/aromatic N) is 3. The highest BCUT2D eigenvalue weighted by atomic mass is 35.5. The molecule has 0 aliphatic carbocycles. The molecule has 1 N–H and O–H groups in total. The SMILES string of the molecule is Cn1ncc(C(=O)O)c1-c1cccnc1Cl. The quantitative estimate of drug-likeness (QED) is 0.810. The van der Waals surface area contributed by atoms with Crippen molar-refractivity contribution in [3.8, 4) is 11.3 Å². The zero-order chi connectivity index (χ0) is 11.7. The van der Waals surface area contributed by atoms with Crippen molar-refractivity contribution in [3.05, 3.63) is 35.2 Å². The van der Waals surface area contributed by atoms with Gasteiger partial charge in [-0.25, -0.2) is 9.78 Å². The first kappa shape index (κ1) is 10.6. The van der Waals surface area contributed by atoms with Gasteiger partial charge < -0.3 is 5.11 Å². The molecule has 0 bridgehead atoms. The Bertz CT molecular complexity index is 551. The van der Waals surface area contributed by atoms with Crippen LogP contribution >= 0.6 is 11.6 Å². The molecule has 0 aliphatic rings. The van der Waals surface area contributed by atoms with Crippen LogP contribution < -0.4 is 0 Å². The van der Waals surface area contributed by atoms with Gasteiger partial charge >= 0.3 is 5.97 Å². The van der Waals surface area contributed by atoms with E-state index < -0.39 is 5.97 Å². The predicted molar refractivity (Wildman–Crippen MR) is 58.4 cm³/mol. The number of hydrogen-bond donors (Lipinski definition) is 1. The third kappa shape index (κ3) is 1.65. The van der Waals surface area contributed by atoms with E-state index in [0.717, 1.165) is 0 Å². The van der Waals surface area contributed by atoms with Crippen LogP contribution in [0, 0.1) is 0 Å². The molecule has 0 radical (unpaired) electrons. The van der Waals surface area contributed by atoms with Gasteiger partial charge in [0.15, 0.2) is 0 Å². The van der Waals surface area contributed by atoms with E-state index in [1.54, 1.807) is 25.4 Å². The highest BCUT2D eigenvalue weighted by molar-refractivity contribution is 6.32. The smallest absolute Gasteiger partial charge is 0.339 e. The summed E-state index contributed by atoms with van der Waals surface area (Å²) in [5.41, 5.74) is 1.12. The van der Waals surface area contributed by atoms with Crippen molar-refractivity contribution in [2.24, 2.45) is 7.05 Å². The molecule has 16 heavy (non-hydrogen) atoms. The number of pyridine rings is 1. The summed E-state index contributed by atoms with van der Waals surface area (Å²) in [6, 6.07) is 3.40. The largest absolute Gasteiger partial charge is 0.478 e. The molecule has 0 saturated heterocycles. The van der Waals surface area contributed by atoms with Crippen LogP contribution in [-0.2, 0) is 7.05 Å². The molecule has 0 saturated carbocycles. The fourth-order valence-corrected chi connectivity index (χ4v) is 1.68. The molecule has 0 atom stereocenters. The fraction of sp³-hybridized carbons (Fsp3) is 0.100. The number of carboxylic acid groups (broad SMARTS) is 1. The summed E-state index contributed by atoms with van der Waals surface area (Å²) in [7, 11) is 1.66. The van der Waals surface area contributed by atoms with Gasteiger partial charge in [-0.05, 0) is 12.1 Å². The third-order valence-electron chi connectivity index (χ3n) is 2.18. The summed E-state index contributed by atoms with van der Waals surface area (Å²) in [6.07, 6.45) is 2.84.